The highest BCUT2D eigenvalue weighted by molar-refractivity contribution is 5.75. The molecule has 3 aromatic rings. The van der Waals surface area contributed by atoms with Crippen molar-refractivity contribution in [3.8, 4) is 0 Å². The van der Waals surface area contributed by atoms with Gasteiger partial charge in [0, 0.05) is 29.4 Å². The third-order valence-electron chi connectivity index (χ3n) is 4.32. The van der Waals surface area contributed by atoms with Crippen LogP contribution in [0.15, 0.2) is 48.8 Å². The van der Waals surface area contributed by atoms with Gasteiger partial charge in [-0.3, -0.25) is 19.9 Å². The number of aromatic amines is 1. The van der Waals surface area contributed by atoms with Crippen molar-refractivity contribution in [1.82, 2.24) is 25.3 Å². The lowest BCUT2D eigenvalue weighted by Gasteiger charge is -2.14. The zero-order chi connectivity index (χ0) is 19.4. The number of H-pyrrole nitrogens is 1. The van der Waals surface area contributed by atoms with Crippen molar-refractivity contribution in [1.29, 1.82) is 0 Å². The Labute approximate surface area is 158 Å². The van der Waals surface area contributed by atoms with E-state index in [1.807, 2.05) is 36.4 Å². The van der Waals surface area contributed by atoms with Gasteiger partial charge in [0.25, 0.3) is 0 Å². The maximum absolute atomic E-state index is 11.7. The topological polar surface area (TPSA) is 95.8 Å². The number of hydrogen-bond acceptors (Lipinski definition) is 4. The van der Waals surface area contributed by atoms with Crippen molar-refractivity contribution in [2.45, 2.75) is 45.3 Å². The summed E-state index contributed by atoms with van der Waals surface area (Å²) in [6.07, 6.45) is 3.37. The van der Waals surface area contributed by atoms with Crippen molar-refractivity contribution >= 4 is 5.97 Å². The van der Waals surface area contributed by atoms with Gasteiger partial charge >= 0.3 is 5.97 Å². The molecule has 1 atom stereocenters. The lowest BCUT2D eigenvalue weighted by molar-refractivity contribution is -0.139. The number of aliphatic carboxylic acids is 1. The van der Waals surface area contributed by atoms with Crippen LogP contribution in [0, 0.1) is 0 Å². The maximum atomic E-state index is 11.7. The smallest absolute Gasteiger partial charge is 0.325 e. The van der Waals surface area contributed by atoms with Crippen LogP contribution in [0.25, 0.3) is 0 Å². The Balaban J connectivity index is 1.67. The van der Waals surface area contributed by atoms with Gasteiger partial charge in [0.1, 0.15) is 6.04 Å². The SMILES string of the molecule is CC(C)(C)c1cc(CNC(C(=O)O)c2cnn(Cc3ccccc3)c2)[nH]n1. The van der Waals surface area contributed by atoms with E-state index in [1.54, 1.807) is 17.1 Å². The average molecular weight is 367 g/mol. The number of benzene rings is 1. The summed E-state index contributed by atoms with van der Waals surface area (Å²) in [4.78, 5) is 11.7. The molecule has 0 fully saturated rings. The highest BCUT2D eigenvalue weighted by Crippen LogP contribution is 2.21. The molecule has 2 aromatic heterocycles. The van der Waals surface area contributed by atoms with Gasteiger partial charge < -0.3 is 5.11 Å². The molecule has 1 unspecified atom stereocenters. The van der Waals surface area contributed by atoms with E-state index >= 15 is 0 Å². The molecule has 27 heavy (non-hydrogen) atoms. The summed E-state index contributed by atoms with van der Waals surface area (Å²) in [5, 5.41) is 24.3. The van der Waals surface area contributed by atoms with E-state index in [1.165, 1.54) is 0 Å². The van der Waals surface area contributed by atoms with Crippen LogP contribution >= 0.6 is 0 Å². The molecular formula is C20H25N5O2. The summed E-state index contributed by atoms with van der Waals surface area (Å²) in [7, 11) is 0. The van der Waals surface area contributed by atoms with Crippen molar-refractivity contribution < 1.29 is 9.90 Å². The second-order valence-electron chi connectivity index (χ2n) is 7.64. The summed E-state index contributed by atoms with van der Waals surface area (Å²) in [6.45, 7) is 7.23. The Hall–Kier alpha value is -2.93. The minimum absolute atomic E-state index is 0.0560. The summed E-state index contributed by atoms with van der Waals surface area (Å²) >= 11 is 0. The molecule has 0 spiro atoms. The van der Waals surface area contributed by atoms with E-state index in [4.69, 9.17) is 0 Å². The minimum atomic E-state index is -0.940. The van der Waals surface area contributed by atoms with Crippen LogP contribution in [0.1, 0.15) is 49.3 Å². The number of nitrogens with one attached hydrogen (secondary N) is 2. The lowest BCUT2D eigenvalue weighted by atomic mass is 9.92. The van der Waals surface area contributed by atoms with E-state index in [9.17, 15) is 9.90 Å². The van der Waals surface area contributed by atoms with E-state index in [-0.39, 0.29) is 5.41 Å². The second kappa shape index (κ2) is 7.75. The third-order valence-corrected chi connectivity index (χ3v) is 4.32. The van der Waals surface area contributed by atoms with Gasteiger partial charge in [0.2, 0.25) is 0 Å². The summed E-state index contributed by atoms with van der Waals surface area (Å²) < 4.78 is 1.75. The van der Waals surface area contributed by atoms with Gasteiger partial charge in [0.15, 0.2) is 0 Å². The lowest BCUT2D eigenvalue weighted by Crippen LogP contribution is -2.28. The van der Waals surface area contributed by atoms with Gasteiger partial charge in [-0.1, -0.05) is 51.1 Å². The molecule has 2 heterocycles. The van der Waals surface area contributed by atoms with Crippen LogP contribution in [-0.4, -0.2) is 31.1 Å². The van der Waals surface area contributed by atoms with Crippen molar-refractivity contribution in [2.75, 3.05) is 0 Å². The molecule has 0 saturated carbocycles. The quantitative estimate of drug-likeness (QED) is 0.597. The summed E-state index contributed by atoms with van der Waals surface area (Å²) in [6, 6.07) is 11.1. The predicted molar refractivity (Wildman–Crippen MR) is 102 cm³/mol. The van der Waals surface area contributed by atoms with E-state index in [0.29, 0.717) is 18.7 Å². The van der Waals surface area contributed by atoms with Gasteiger partial charge in [-0.2, -0.15) is 10.2 Å². The first-order valence-corrected chi connectivity index (χ1v) is 8.90. The second-order valence-corrected chi connectivity index (χ2v) is 7.64. The standard InChI is InChI=1S/C20H25N5O2/c1-20(2,3)17-9-16(23-24-17)11-21-18(19(26)27)15-10-22-25(13-15)12-14-7-5-4-6-8-14/h4-10,13,18,21H,11-12H2,1-3H3,(H,23,24)(H,26,27). The predicted octanol–water partition coefficient (Wildman–Crippen LogP) is 2.87. The highest BCUT2D eigenvalue weighted by atomic mass is 16.4. The average Bonchev–Trinajstić information content (AvgIpc) is 3.25. The molecule has 0 aliphatic carbocycles. The summed E-state index contributed by atoms with van der Waals surface area (Å²) in [5.41, 5.74) is 3.47. The molecule has 3 N–H and O–H groups in total. The number of carbonyl (C=O) groups is 1. The van der Waals surface area contributed by atoms with Crippen molar-refractivity contribution in [2.24, 2.45) is 0 Å². The molecular weight excluding hydrogens is 342 g/mol. The first kappa shape index (κ1) is 18.8. The molecule has 3 rings (SSSR count). The van der Waals surface area contributed by atoms with Gasteiger partial charge in [-0.05, 0) is 11.6 Å². The van der Waals surface area contributed by atoms with E-state index < -0.39 is 12.0 Å². The molecule has 0 radical (unpaired) electrons. The van der Waals surface area contributed by atoms with E-state index in [0.717, 1.165) is 17.0 Å². The van der Waals surface area contributed by atoms with Gasteiger partial charge in [0.05, 0.1) is 18.4 Å². The molecule has 1 aromatic carbocycles. The maximum Gasteiger partial charge on any atom is 0.325 e. The normalized spacial score (nSPS) is 12.9. The Morgan fingerprint density at radius 1 is 1.30 bits per heavy atom. The molecule has 0 amide bonds. The molecule has 0 saturated heterocycles. The van der Waals surface area contributed by atoms with E-state index in [2.05, 4.69) is 41.4 Å². The number of carboxylic acids is 1. The molecule has 0 aliphatic rings. The fraction of sp³-hybridized carbons (Fsp3) is 0.350. The molecule has 0 aliphatic heterocycles. The number of aromatic nitrogens is 4. The molecule has 0 bridgehead atoms. The van der Waals surface area contributed by atoms with Crippen LogP contribution in [0.2, 0.25) is 0 Å². The monoisotopic (exact) mass is 367 g/mol. The molecule has 142 valence electrons. The highest BCUT2D eigenvalue weighted by Gasteiger charge is 2.22. The van der Waals surface area contributed by atoms with Crippen LogP contribution in [0.5, 0.6) is 0 Å². The van der Waals surface area contributed by atoms with Gasteiger partial charge in [-0.15, -0.1) is 0 Å². The van der Waals surface area contributed by atoms with Crippen LogP contribution in [-0.2, 0) is 23.3 Å². The zero-order valence-corrected chi connectivity index (χ0v) is 15.8. The first-order chi connectivity index (χ1) is 12.8. The number of nitrogens with zero attached hydrogens (tertiary/aromatic N) is 3. The number of rotatable bonds is 7. The van der Waals surface area contributed by atoms with Crippen molar-refractivity contribution in [3.63, 3.8) is 0 Å². The van der Waals surface area contributed by atoms with Crippen LogP contribution in [0.4, 0.5) is 0 Å². The first-order valence-electron chi connectivity index (χ1n) is 8.90. The Kier molecular flexibility index (Phi) is 5.41. The Bertz CT molecular complexity index is 892. The zero-order valence-electron chi connectivity index (χ0n) is 15.8. The largest absolute Gasteiger partial charge is 0.480 e. The van der Waals surface area contributed by atoms with Gasteiger partial charge in [-0.25, -0.2) is 0 Å². The number of hydrogen-bond donors (Lipinski definition) is 3. The van der Waals surface area contributed by atoms with Crippen LogP contribution in [0.3, 0.4) is 0 Å². The Morgan fingerprint density at radius 3 is 2.67 bits per heavy atom. The molecule has 7 nitrogen and oxygen atoms in total. The molecule has 7 heteroatoms. The van der Waals surface area contributed by atoms with Crippen molar-refractivity contribution in [3.05, 3.63) is 71.3 Å². The fourth-order valence-corrected chi connectivity index (χ4v) is 2.78. The minimum Gasteiger partial charge on any atom is -0.480 e. The summed E-state index contributed by atoms with van der Waals surface area (Å²) in [5.74, 6) is -0.940. The third kappa shape index (κ3) is 4.83. The Morgan fingerprint density at radius 2 is 2.04 bits per heavy atom. The number of carboxylic acid groups (broad SMARTS) is 1. The fourth-order valence-electron chi connectivity index (χ4n) is 2.78. The van der Waals surface area contributed by atoms with Crippen LogP contribution < -0.4 is 5.32 Å².